The molecule has 2 aromatic rings. The van der Waals surface area contributed by atoms with E-state index in [1.54, 1.807) is 11.8 Å². The maximum Gasteiger partial charge on any atom is 0.253 e. The molecule has 1 aliphatic heterocycles. The summed E-state index contributed by atoms with van der Waals surface area (Å²) in [5.41, 5.74) is 8.08. The molecule has 6 nitrogen and oxygen atoms in total. The van der Waals surface area contributed by atoms with Gasteiger partial charge in [-0.25, -0.2) is 4.98 Å². The van der Waals surface area contributed by atoms with E-state index in [-0.39, 0.29) is 24.4 Å². The Morgan fingerprint density at radius 3 is 2.76 bits per heavy atom. The molecule has 0 spiro atoms. The number of fused-ring (bicyclic) bond motifs is 1. The quantitative estimate of drug-likeness (QED) is 0.796. The molecule has 1 saturated heterocycles. The second kappa shape index (κ2) is 7.76. The van der Waals surface area contributed by atoms with Gasteiger partial charge in [-0.1, -0.05) is 23.9 Å². The van der Waals surface area contributed by atoms with Crippen molar-refractivity contribution in [3.05, 3.63) is 41.7 Å². The minimum Gasteiger partial charge on any atom is -0.338 e. The Bertz CT molecular complexity index is 708. The number of aromatic nitrogens is 3. The van der Waals surface area contributed by atoms with Crippen LogP contribution < -0.4 is 5.73 Å². The Morgan fingerprint density at radius 1 is 1.28 bits per heavy atom. The second-order valence-corrected chi connectivity index (χ2v) is 7.62. The summed E-state index contributed by atoms with van der Waals surface area (Å²) in [5.74, 6) is 2.02. The van der Waals surface area contributed by atoms with Gasteiger partial charge in [-0.2, -0.15) is 5.10 Å². The zero-order valence-electron chi connectivity index (χ0n) is 13.8. The van der Waals surface area contributed by atoms with E-state index in [0.29, 0.717) is 11.8 Å². The van der Waals surface area contributed by atoms with Crippen LogP contribution >= 0.6 is 24.2 Å². The van der Waals surface area contributed by atoms with Crippen molar-refractivity contribution >= 4 is 30.1 Å². The number of H-pyrrole nitrogens is 1. The molecule has 3 atom stereocenters. The van der Waals surface area contributed by atoms with Crippen LogP contribution in [0.5, 0.6) is 0 Å². The van der Waals surface area contributed by atoms with Gasteiger partial charge in [0.15, 0.2) is 5.16 Å². The van der Waals surface area contributed by atoms with Crippen LogP contribution in [0, 0.1) is 11.8 Å². The summed E-state index contributed by atoms with van der Waals surface area (Å²) < 4.78 is 0. The third-order valence-corrected chi connectivity index (χ3v) is 6.12. The Morgan fingerprint density at radius 2 is 2.08 bits per heavy atom. The largest absolute Gasteiger partial charge is 0.338 e. The highest BCUT2D eigenvalue weighted by atomic mass is 35.5. The molecule has 1 aliphatic carbocycles. The first kappa shape index (κ1) is 18.2. The summed E-state index contributed by atoms with van der Waals surface area (Å²) in [6.07, 6.45) is 3.77. The normalized spacial score (nSPS) is 24.8. The van der Waals surface area contributed by atoms with Crippen molar-refractivity contribution < 1.29 is 4.79 Å². The van der Waals surface area contributed by atoms with Gasteiger partial charge in [-0.05, 0) is 42.4 Å². The van der Waals surface area contributed by atoms with E-state index >= 15 is 0 Å². The SMILES string of the molecule is Cl.NC1CCC2CN(C(=O)c3ccc(CSc4ncn[nH]4)cc3)CC12. The first-order valence-corrected chi connectivity index (χ1v) is 9.31. The van der Waals surface area contributed by atoms with E-state index < -0.39 is 0 Å². The van der Waals surface area contributed by atoms with E-state index in [2.05, 4.69) is 15.2 Å². The Labute approximate surface area is 157 Å². The summed E-state index contributed by atoms with van der Waals surface area (Å²) in [6, 6.07) is 8.14. The molecule has 25 heavy (non-hydrogen) atoms. The average molecular weight is 380 g/mol. The summed E-state index contributed by atoms with van der Waals surface area (Å²) >= 11 is 1.59. The molecule has 8 heteroatoms. The maximum atomic E-state index is 12.7. The van der Waals surface area contributed by atoms with Gasteiger partial charge in [0, 0.05) is 30.4 Å². The van der Waals surface area contributed by atoms with Gasteiger partial charge in [0.05, 0.1) is 0 Å². The van der Waals surface area contributed by atoms with Crippen LogP contribution in [0.3, 0.4) is 0 Å². The standard InChI is InChI=1S/C17H21N5OS.ClH/c18-15-6-5-13-7-22(8-14(13)15)16(23)12-3-1-11(2-4-12)9-24-17-19-10-20-21-17;/h1-4,10,13-15H,5-9,18H2,(H,19,20,21);1H. The van der Waals surface area contributed by atoms with Gasteiger partial charge in [0.25, 0.3) is 5.91 Å². The lowest BCUT2D eigenvalue weighted by atomic mass is 9.98. The number of thioether (sulfide) groups is 1. The van der Waals surface area contributed by atoms with E-state index in [9.17, 15) is 4.79 Å². The number of carbonyl (C=O) groups is 1. The fourth-order valence-corrected chi connectivity index (χ4v) is 4.55. The molecule has 1 amide bonds. The predicted molar refractivity (Wildman–Crippen MR) is 99.7 cm³/mol. The number of nitrogens with two attached hydrogens (primary N) is 1. The van der Waals surface area contributed by atoms with Gasteiger partial charge in [-0.15, -0.1) is 12.4 Å². The zero-order chi connectivity index (χ0) is 16.5. The topological polar surface area (TPSA) is 87.9 Å². The van der Waals surface area contributed by atoms with Gasteiger partial charge in [0.1, 0.15) is 6.33 Å². The van der Waals surface area contributed by atoms with Crippen molar-refractivity contribution in [1.82, 2.24) is 20.1 Å². The summed E-state index contributed by atoms with van der Waals surface area (Å²) in [6.45, 7) is 1.67. The van der Waals surface area contributed by atoms with Crippen LogP contribution in [0.4, 0.5) is 0 Å². The molecule has 3 N–H and O–H groups in total. The van der Waals surface area contributed by atoms with Gasteiger partial charge >= 0.3 is 0 Å². The maximum absolute atomic E-state index is 12.7. The highest BCUT2D eigenvalue weighted by Crippen LogP contribution is 2.37. The number of rotatable bonds is 4. The smallest absolute Gasteiger partial charge is 0.253 e. The molecule has 1 aromatic heterocycles. The number of halogens is 1. The van der Waals surface area contributed by atoms with Crippen molar-refractivity contribution in [3.63, 3.8) is 0 Å². The van der Waals surface area contributed by atoms with Crippen molar-refractivity contribution in [2.24, 2.45) is 17.6 Å². The average Bonchev–Trinajstić information content (AvgIpc) is 3.32. The fourth-order valence-electron chi connectivity index (χ4n) is 3.81. The molecular weight excluding hydrogens is 358 g/mol. The number of hydrogen-bond acceptors (Lipinski definition) is 5. The number of nitrogens with zero attached hydrogens (tertiary/aromatic N) is 3. The van der Waals surface area contributed by atoms with Crippen LogP contribution in [-0.4, -0.2) is 45.1 Å². The molecular formula is C17H22ClN5OS. The van der Waals surface area contributed by atoms with Crippen LogP contribution in [0.1, 0.15) is 28.8 Å². The highest BCUT2D eigenvalue weighted by molar-refractivity contribution is 7.98. The molecule has 2 heterocycles. The van der Waals surface area contributed by atoms with Crippen molar-refractivity contribution in [2.75, 3.05) is 13.1 Å². The first-order chi connectivity index (χ1) is 11.7. The number of carbonyl (C=O) groups excluding carboxylic acids is 1. The summed E-state index contributed by atoms with van der Waals surface area (Å²) in [5, 5.41) is 7.46. The molecule has 2 fully saturated rings. The molecule has 0 radical (unpaired) electrons. The van der Waals surface area contributed by atoms with E-state index in [0.717, 1.165) is 48.0 Å². The lowest BCUT2D eigenvalue weighted by Gasteiger charge is -2.19. The Hall–Kier alpha value is -1.57. The molecule has 0 bridgehead atoms. The van der Waals surface area contributed by atoms with Gasteiger partial charge in [-0.3, -0.25) is 9.89 Å². The van der Waals surface area contributed by atoms with E-state index in [1.165, 1.54) is 6.33 Å². The van der Waals surface area contributed by atoms with Crippen LogP contribution in [0.25, 0.3) is 0 Å². The number of nitrogens with one attached hydrogen (secondary N) is 1. The predicted octanol–water partition coefficient (Wildman–Crippen LogP) is 2.33. The minimum absolute atomic E-state index is 0. The van der Waals surface area contributed by atoms with Crippen molar-refractivity contribution in [2.45, 2.75) is 29.8 Å². The molecule has 2 aliphatic rings. The molecule has 1 saturated carbocycles. The summed E-state index contributed by atoms with van der Waals surface area (Å²) in [4.78, 5) is 18.8. The molecule has 4 rings (SSSR count). The number of benzene rings is 1. The first-order valence-electron chi connectivity index (χ1n) is 8.32. The fraction of sp³-hybridized carbons (Fsp3) is 0.471. The Balaban J connectivity index is 0.00000182. The number of amides is 1. The lowest BCUT2D eigenvalue weighted by Crippen LogP contribution is -2.33. The monoisotopic (exact) mass is 379 g/mol. The van der Waals surface area contributed by atoms with E-state index in [1.807, 2.05) is 29.2 Å². The third-order valence-electron chi connectivity index (χ3n) is 5.17. The number of likely N-dealkylation sites (tertiary alicyclic amines) is 1. The number of hydrogen-bond donors (Lipinski definition) is 2. The molecule has 1 aromatic carbocycles. The Kier molecular flexibility index (Phi) is 5.66. The third kappa shape index (κ3) is 3.83. The minimum atomic E-state index is 0. The second-order valence-electron chi connectivity index (χ2n) is 6.65. The zero-order valence-corrected chi connectivity index (χ0v) is 15.4. The van der Waals surface area contributed by atoms with Gasteiger partial charge < -0.3 is 10.6 Å². The molecule has 3 unspecified atom stereocenters. The molecule has 134 valence electrons. The van der Waals surface area contributed by atoms with Crippen molar-refractivity contribution in [3.8, 4) is 0 Å². The van der Waals surface area contributed by atoms with Crippen LogP contribution in [-0.2, 0) is 5.75 Å². The lowest BCUT2D eigenvalue weighted by molar-refractivity contribution is 0.0779. The highest BCUT2D eigenvalue weighted by Gasteiger charge is 2.42. The number of aromatic amines is 1. The van der Waals surface area contributed by atoms with Crippen LogP contribution in [0.2, 0.25) is 0 Å². The van der Waals surface area contributed by atoms with E-state index in [4.69, 9.17) is 5.73 Å². The van der Waals surface area contributed by atoms with Gasteiger partial charge in [0.2, 0.25) is 0 Å². The van der Waals surface area contributed by atoms with Crippen LogP contribution in [0.15, 0.2) is 35.7 Å². The summed E-state index contributed by atoms with van der Waals surface area (Å²) in [7, 11) is 0. The van der Waals surface area contributed by atoms with Crippen molar-refractivity contribution in [1.29, 1.82) is 0 Å².